The van der Waals surface area contributed by atoms with Crippen LogP contribution in [0.3, 0.4) is 0 Å². The summed E-state index contributed by atoms with van der Waals surface area (Å²) in [4.78, 5) is 50.0. The zero-order valence-electron chi connectivity index (χ0n) is 15.9. The third-order valence-corrected chi connectivity index (χ3v) is 5.32. The molecule has 8 nitrogen and oxygen atoms in total. The van der Waals surface area contributed by atoms with Crippen molar-refractivity contribution in [2.24, 2.45) is 0 Å². The van der Waals surface area contributed by atoms with Crippen LogP contribution in [0.5, 0.6) is 0 Å². The average molecular weight is 448 g/mol. The number of carbonyl (C=O) groups is 4. The number of hydrogen-bond acceptors (Lipinski definition) is 6. The minimum Gasteiger partial charge on any atom is -0.459 e. The Kier molecular flexibility index (Phi) is 6.96. The van der Waals surface area contributed by atoms with Gasteiger partial charge in [0, 0.05) is 18.1 Å². The Morgan fingerprint density at radius 2 is 1.97 bits per heavy atom. The van der Waals surface area contributed by atoms with Crippen LogP contribution >= 0.6 is 23.4 Å². The molecule has 1 saturated heterocycles. The molecule has 0 radical (unpaired) electrons. The molecular formula is C20H18ClN3O5S. The number of hydrogen-bond donors (Lipinski definition) is 2. The van der Waals surface area contributed by atoms with Crippen LogP contribution in [0, 0.1) is 0 Å². The van der Waals surface area contributed by atoms with Crippen LogP contribution in [0.4, 0.5) is 4.79 Å². The van der Waals surface area contributed by atoms with E-state index in [1.165, 1.54) is 19.3 Å². The second kappa shape index (κ2) is 9.64. The maximum Gasteiger partial charge on any atom is 0.293 e. The summed E-state index contributed by atoms with van der Waals surface area (Å²) in [5, 5.41) is 5.27. The van der Waals surface area contributed by atoms with E-state index < -0.39 is 29.0 Å². The van der Waals surface area contributed by atoms with Crippen LogP contribution < -0.4 is 10.6 Å². The summed E-state index contributed by atoms with van der Waals surface area (Å²) in [6.07, 6.45) is 2.98. The number of rotatable bonds is 7. The second-order valence-electron chi connectivity index (χ2n) is 6.35. The SMILES string of the molecule is C[C@H](NC(=O)c1ccco1)C(=O)NCCN1C(=O)S/C(=C/c2ccc(Cl)cc2)C1=O. The molecule has 3 rings (SSSR count). The molecule has 2 heterocycles. The van der Waals surface area contributed by atoms with E-state index in [1.54, 1.807) is 36.4 Å². The first-order valence-electron chi connectivity index (χ1n) is 8.98. The lowest BCUT2D eigenvalue weighted by Crippen LogP contribution is -2.46. The highest BCUT2D eigenvalue weighted by Gasteiger charge is 2.34. The van der Waals surface area contributed by atoms with Crippen molar-refractivity contribution in [2.75, 3.05) is 13.1 Å². The molecule has 1 fully saturated rings. The summed E-state index contributed by atoms with van der Waals surface area (Å²) < 4.78 is 4.97. The number of benzene rings is 1. The summed E-state index contributed by atoms with van der Waals surface area (Å²) in [6.45, 7) is 1.60. The quantitative estimate of drug-likeness (QED) is 0.632. The van der Waals surface area contributed by atoms with Crippen LogP contribution in [-0.4, -0.2) is 47.0 Å². The van der Waals surface area contributed by atoms with Gasteiger partial charge in [0.1, 0.15) is 6.04 Å². The van der Waals surface area contributed by atoms with E-state index in [0.717, 1.165) is 22.2 Å². The molecule has 0 aliphatic carbocycles. The number of furan rings is 1. The highest BCUT2D eigenvalue weighted by Crippen LogP contribution is 2.32. The lowest BCUT2D eigenvalue weighted by atomic mass is 10.2. The van der Waals surface area contributed by atoms with Crippen molar-refractivity contribution in [2.45, 2.75) is 13.0 Å². The average Bonchev–Trinajstić information content (AvgIpc) is 3.34. The maximum absolute atomic E-state index is 12.5. The lowest BCUT2D eigenvalue weighted by Gasteiger charge is -2.16. The first-order valence-corrected chi connectivity index (χ1v) is 10.2. The first-order chi connectivity index (χ1) is 14.3. The van der Waals surface area contributed by atoms with Gasteiger partial charge in [-0.05, 0) is 54.6 Å². The maximum atomic E-state index is 12.5. The van der Waals surface area contributed by atoms with Gasteiger partial charge in [0.05, 0.1) is 11.2 Å². The van der Waals surface area contributed by atoms with E-state index in [9.17, 15) is 19.2 Å². The first kappa shape index (κ1) is 21.7. The Balaban J connectivity index is 1.50. The highest BCUT2D eigenvalue weighted by atomic mass is 35.5. The van der Waals surface area contributed by atoms with Crippen LogP contribution in [0.2, 0.25) is 5.02 Å². The summed E-state index contributed by atoms with van der Waals surface area (Å²) in [6, 6.07) is 9.11. The molecule has 10 heteroatoms. The summed E-state index contributed by atoms with van der Waals surface area (Å²) >= 11 is 6.68. The Bertz CT molecular complexity index is 988. The molecule has 1 aromatic carbocycles. The van der Waals surface area contributed by atoms with Gasteiger partial charge in [0.15, 0.2) is 5.76 Å². The largest absolute Gasteiger partial charge is 0.459 e. The Labute approximate surface area is 181 Å². The second-order valence-corrected chi connectivity index (χ2v) is 7.78. The molecule has 1 atom stereocenters. The van der Waals surface area contributed by atoms with Gasteiger partial charge in [-0.3, -0.25) is 24.1 Å². The van der Waals surface area contributed by atoms with Crippen molar-refractivity contribution in [3.63, 3.8) is 0 Å². The predicted octanol–water partition coefficient (Wildman–Crippen LogP) is 2.90. The van der Waals surface area contributed by atoms with Crippen LogP contribution in [-0.2, 0) is 9.59 Å². The van der Waals surface area contributed by atoms with Crippen LogP contribution in [0.15, 0.2) is 52.0 Å². The van der Waals surface area contributed by atoms with Gasteiger partial charge < -0.3 is 15.1 Å². The minimum atomic E-state index is -0.817. The van der Waals surface area contributed by atoms with Crippen molar-refractivity contribution < 1.29 is 23.6 Å². The van der Waals surface area contributed by atoms with Gasteiger partial charge in [0.2, 0.25) is 5.91 Å². The van der Waals surface area contributed by atoms with E-state index in [-0.39, 0.29) is 18.8 Å². The zero-order chi connectivity index (χ0) is 21.7. The molecule has 0 bridgehead atoms. The van der Waals surface area contributed by atoms with E-state index in [2.05, 4.69) is 10.6 Å². The molecule has 4 amide bonds. The van der Waals surface area contributed by atoms with Gasteiger partial charge in [-0.1, -0.05) is 23.7 Å². The third-order valence-electron chi connectivity index (χ3n) is 4.16. The van der Waals surface area contributed by atoms with Crippen molar-refractivity contribution in [1.29, 1.82) is 0 Å². The number of nitrogens with one attached hydrogen (secondary N) is 2. The van der Waals surface area contributed by atoms with Crippen molar-refractivity contribution in [3.8, 4) is 0 Å². The van der Waals surface area contributed by atoms with E-state index in [1.807, 2.05) is 0 Å². The third kappa shape index (κ3) is 5.31. The van der Waals surface area contributed by atoms with Gasteiger partial charge in [-0.25, -0.2) is 0 Å². The topological polar surface area (TPSA) is 109 Å². The van der Waals surface area contributed by atoms with Crippen molar-refractivity contribution in [1.82, 2.24) is 15.5 Å². The fraction of sp³-hybridized carbons (Fsp3) is 0.200. The van der Waals surface area contributed by atoms with Crippen molar-refractivity contribution in [3.05, 3.63) is 63.9 Å². The molecule has 30 heavy (non-hydrogen) atoms. The molecule has 156 valence electrons. The zero-order valence-corrected chi connectivity index (χ0v) is 17.5. The summed E-state index contributed by atoms with van der Waals surface area (Å²) in [7, 11) is 0. The number of thioether (sulfide) groups is 1. The molecule has 0 saturated carbocycles. The van der Waals surface area contributed by atoms with Crippen LogP contribution in [0.25, 0.3) is 6.08 Å². The van der Waals surface area contributed by atoms with Gasteiger partial charge in [0.25, 0.3) is 17.1 Å². The number of carbonyl (C=O) groups excluding carboxylic acids is 4. The molecule has 1 aliphatic heterocycles. The summed E-state index contributed by atoms with van der Waals surface area (Å²) in [5.41, 5.74) is 0.749. The van der Waals surface area contributed by atoms with Crippen molar-refractivity contribution >= 4 is 52.4 Å². The predicted molar refractivity (Wildman–Crippen MR) is 113 cm³/mol. The van der Waals surface area contributed by atoms with E-state index in [0.29, 0.717) is 9.93 Å². The highest BCUT2D eigenvalue weighted by molar-refractivity contribution is 8.18. The standard InChI is InChI=1S/C20H18ClN3O5S/c1-12(23-18(26)15-3-2-10-29-15)17(25)22-8-9-24-19(27)16(30-20(24)28)11-13-4-6-14(21)7-5-13/h2-7,10-12H,8-9H2,1H3,(H,22,25)(H,23,26)/b16-11+/t12-/m0/s1. The molecule has 2 aromatic rings. The fourth-order valence-electron chi connectivity index (χ4n) is 2.59. The van der Waals surface area contributed by atoms with E-state index in [4.69, 9.17) is 16.0 Å². The summed E-state index contributed by atoms with van der Waals surface area (Å²) in [5.74, 6) is -1.28. The molecule has 0 unspecified atom stereocenters. The van der Waals surface area contributed by atoms with Gasteiger partial charge in [-0.2, -0.15) is 0 Å². The minimum absolute atomic E-state index is 0.0210. The number of amides is 4. The Hall–Kier alpha value is -3.04. The van der Waals surface area contributed by atoms with Gasteiger partial charge in [-0.15, -0.1) is 0 Å². The Morgan fingerprint density at radius 3 is 2.63 bits per heavy atom. The lowest BCUT2D eigenvalue weighted by molar-refractivity contribution is -0.124. The number of imide groups is 1. The number of halogens is 1. The molecule has 0 spiro atoms. The normalized spacial score (nSPS) is 16.1. The molecule has 1 aromatic heterocycles. The number of nitrogens with zero attached hydrogens (tertiary/aromatic N) is 1. The smallest absolute Gasteiger partial charge is 0.293 e. The molecular weight excluding hydrogens is 430 g/mol. The van der Waals surface area contributed by atoms with E-state index >= 15 is 0 Å². The fourth-order valence-corrected chi connectivity index (χ4v) is 3.58. The molecule has 2 N–H and O–H groups in total. The Morgan fingerprint density at radius 1 is 1.23 bits per heavy atom. The molecule has 1 aliphatic rings. The van der Waals surface area contributed by atoms with Gasteiger partial charge >= 0.3 is 0 Å². The monoisotopic (exact) mass is 447 g/mol. The van der Waals surface area contributed by atoms with Crippen LogP contribution in [0.1, 0.15) is 23.0 Å².